The van der Waals surface area contributed by atoms with Gasteiger partial charge in [0.2, 0.25) is 0 Å². The number of hydrogen-bond acceptors (Lipinski definition) is 2. The Morgan fingerprint density at radius 3 is 3.00 bits per heavy atom. The van der Waals surface area contributed by atoms with E-state index in [1.165, 1.54) is 6.07 Å². The molecule has 1 heterocycles. The van der Waals surface area contributed by atoms with Crippen molar-refractivity contribution in [3.05, 3.63) is 64.4 Å². The van der Waals surface area contributed by atoms with Crippen LogP contribution in [-0.4, -0.2) is 12.6 Å². The zero-order valence-corrected chi connectivity index (χ0v) is 12.5. The van der Waals surface area contributed by atoms with E-state index in [1.54, 1.807) is 12.1 Å². The average molecular weight is 306 g/mol. The molecule has 1 unspecified atom stereocenters. The number of benzene rings is 2. The van der Waals surface area contributed by atoms with Crippen LogP contribution >= 0.6 is 11.6 Å². The van der Waals surface area contributed by atoms with E-state index in [-0.39, 0.29) is 18.0 Å². The molecule has 1 aliphatic rings. The highest BCUT2D eigenvalue weighted by atomic mass is 35.5. The first-order chi connectivity index (χ1) is 10.1. The van der Waals surface area contributed by atoms with E-state index in [0.29, 0.717) is 6.54 Å². The Hall–Kier alpha value is -1.58. The fourth-order valence-electron chi connectivity index (χ4n) is 2.60. The van der Waals surface area contributed by atoms with E-state index >= 15 is 0 Å². The molecule has 0 amide bonds. The molecule has 3 rings (SSSR count). The normalized spacial score (nSPS) is 18.1. The molecule has 0 bridgehead atoms. The minimum atomic E-state index is -0.208. The highest BCUT2D eigenvalue weighted by Gasteiger charge is 2.23. The Morgan fingerprint density at radius 2 is 2.19 bits per heavy atom. The molecule has 2 atom stereocenters. The molecule has 0 fully saturated rings. The topological polar surface area (TPSA) is 21.3 Å². The molecule has 2 aromatic carbocycles. The van der Waals surface area contributed by atoms with Gasteiger partial charge in [0.15, 0.2) is 0 Å². The molecule has 2 nitrogen and oxygen atoms in total. The number of fused-ring (bicyclic) bond motifs is 1. The summed E-state index contributed by atoms with van der Waals surface area (Å²) in [6, 6.07) is 12.4. The zero-order valence-electron chi connectivity index (χ0n) is 11.8. The van der Waals surface area contributed by atoms with Gasteiger partial charge in [0.05, 0.1) is 0 Å². The van der Waals surface area contributed by atoms with Gasteiger partial charge in [0, 0.05) is 24.0 Å². The maximum atomic E-state index is 13.2. The zero-order chi connectivity index (χ0) is 14.8. The largest absolute Gasteiger partial charge is 0.488 e. The van der Waals surface area contributed by atoms with Crippen LogP contribution in [0.25, 0.3) is 0 Å². The van der Waals surface area contributed by atoms with Crippen LogP contribution in [-0.2, 0) is 6.42 Å². The summed E-state index contributed by atoms with van der Waals surface area (Å²) >= 11 is 5.99. The van der Waals surface area contributed by atoms with Crippen molar-refractivity contribution in [3.8, 4) is 5.75 Å². The molecule has 4 heteroatoms. The SMILES string of the molecule is C[C@H](NCC1Cc2cc(Cl)ccc2O1)c1cccc(F)c1. The van der Waals surface area contributed by atoms with Gasteiger partial charge in [0.25, 0.3) is 0 Å². The number of halogens is 2. The fourth-order valence-corrected chi connectivity index (χ4v) is 2.80. The first-order valence-corrected chi connectivity index (χ1v) is 7.43. The van der Waals surface area contributed by atoms with Crippen LogP contribution in [0, 0.1) is 5.82 Å². The van der Waals surface area contributed by atoms with Crippen LogP contribution in [0.3, 0.4) is 0 Å². The average Bonchev–Trinajstić information content (AvgIpc) is 2.86. The molecular formula is C17H17ClFNO. The standard InChI is InChI=1S/C17H17ClFNO/c1-11(12-3-2-4-15(19)8-12)20-10-16-9-13-7-14(18)5-6-17(13)21-16/h2-8,11,16,20H,9-10H2,1H3/t11-,16?/m0/s1. The van der Waals surface area contributed by atoms with Crippen LogP contribution in [0.1, 0.15) is 24.1 Å². The summed E-state index contributed by atoms with van der Waals surface area (Å²) in [5.41, 5.74) is 2.08. The molecule has 0 spiro atoms. The minimum Gasteiger partial charge on any atom is -0.488 e. The van der Waals surface area contributed by atoms with E-state index in [1.807, 2.05) is 31.2 Å². The van der Waals surface area contributed by atoms with Crippen LogP contribution in [0.2, 0.25) is 5.02 Å². The predicted octanol–water partition coefficient (Wildman–Crippen LogP) is 4.13. The molecule has 0 aromatic heterocycles. The number of hydrogen-bond donors (Lipinski definition) is 1. The van der Waals surface area contributed by atoms with E-state index in [9.17, 15) is 4.39 Å². The van der Waals surface area contributed by atoms with Gasteiger partial charge in [-0.25, -0.2) is 4.39 Å². The third-order valence-electron chi connectivity index (χ3n) is 3.76. The van der Waals surface area contributed by atoms with Gasteiger partial charge in [-0.2, -0.15) is 0 Å². The summed E-state index contributed by atoms with van der Waals surface area (Å²) in [6.45, 7) is 2.73. The van der Waals surface area contributed by atoms with Crippen molar-refractivity contribution in [1.82, 2.24) is 5.32 Å². The van der Waals surface area contributed by atoms with E-state index in [4.69, 9.17) is 16.3 Å². The first kappa shape index (κ1) is 14.4. The Kier molecular flexibility index (Phi) is 4.13. The lowest BCUT2D eigenvalue weighted by molar-refractivity contribution is 0.222. The minimum absolute atomic E-state index is 0.0802. The van der Waals surface area contributed by atoms with Gasteiger partial charge in [-0.3, -0.25) is 0 Å². The Morgan fingerprint density at radius 1 is 1.33 bits per heavy atom. The lowest BCUT2D eigenvalue weighted by atomic mass is 10.1. The second-order valence-corrected chi connectivity index (χ2v) is 5.82. The molecule has 1 N–H and O–H groups in total. The molecule has 21 heavy (non-hydrogen) atoms. The van der Waals surface area contributed by atoms with Gasteiger partial charge >= 0.3 is 0 Å². The second-order valence-electron chi connectivity index (χ2n) is 5.38. The van der Waals surface area contributed by atoms with Crippen molar-refractivity contribution in [1.29, 1.82) is 0 Å². The van der Waals surface area contributed by atoms with Crippen LogP contribution in [0.4, 0.5) is 4.39 Å². The molecule has 0 radical (unpaired) electrons. The highest BCUT2D eigenvalue weighted by molar-refractivity contribution is 6.30. The predicted molar refractivity (Wildman–Crippen MR) is 82.4 cm³/mol. The number of nitrogens with one attached hydrogen (secondary N) is 1. The summed E-state index contributed by atoms with van der Waals surface area (Å²) in [4.78, 5) is 0. The number of ether oxygens (including phenoxy) is 1. The molecule has 0 saturated carbocycles. The van der Waals surface area contributed by atoms with E-state index in [0.717, 1.165) is 28.3 Å². The van der Waals surface area contributed by atoms with E-state index < -0.39 is 0 Å². The van der Waals surface area contributed by atoms with Crippen LogP contribution in [0.5, 0.6) is 5.75 Å². The van der Waals surface area contributed by atoms with Crippen molar-refractivity contribution in [2.24, 2.45) is 0 Å². The summed E-state index contributed by atoms with van der Waals surface area (Å²) in [6.07, 6.45) is 0.938. The lowest BCUT2D eigenvalue weighted by Gasteiger charge is -2.17. The maximum absolute atomic E-state index is 13.2. The summed E-state index contributed by atoms with van der Waals surface area (Å²) in [7, 11) is 0. The third kappa shape index (κ3) is 3.36. The number of rotatable bonds is 4. The van der Waals surface area contributed by atoms with Crippen LogP contribution in [0.15, 0.2) is 42.5 Å². The monoisotopic (exact) mass is 305 g/mol. The molecule has 0 saturated heterocycles. The quantitative estimate of drug-likeness (QED) is 0.917. The van der Waals surface area contributed by atoms with Crippen molar-refractivity contribution in [2.45, 2.75) is 25.5 Å². The second kappa shape index (κ2) is 6.04. The molecule has 0 aliphatic carbocycles. The van der Waals surface area contributed by atoms with Crippen LogP contribution < -0.4 is 10.1 Å². The fraction of sp³-hybridized carbons (Fsp3) is 0.294. The van der Waals surface area contributed by atoms with Crippen molar-refractivity contribution < 1.29 is 9.13 Å². The Balaban J connectivity index is 1.57. The summed E-state index contributed by atoms with van der Waals surface area (Å²) < 4.78 is 19.1. The highest BCUT2D eigenvalue weighted by Crippen LogP contribution is 2.31. The molecule has 1 aliphatic heterocycles. The van der Waals surface area contributed by atoms with Gasteiger partial charge in [-0.1, -0.05) is 23.7 Å². The van der Waals surface area contributed by atoms with Gasteiger partial charge in [-0.05, 0) is 48.4 Å². The smallest absolute Gasteiger partial charge is 0.123 e. The summed E-state index contributed by atoms with van der Waals surface area (Å²) in [5.74, 6) is 0.699. The van der Waals surface area contributed by atoms with Gasteiger partial charge in [0.1, 0.15) is 17.7 Å². The Labute approximate surface area is 128 Å². The van der Waals surface area contributed by atoms with Gasteiger partial charge in [-0.15, -0.1) is 0 Å². The summed E-state index contributed by atoms with van der Waals surface area (Å²) in [5, 5.41) is 4.13. The lowest BCUT2D eigenvalue weighted by Crippen LogP contribution is -2.31. The maximum Gasteiger partial charge on any atom is 0.123 e. The van der Waals surface area contributed by atoms with E-state index in [2.05, 4.69) is 5.32 Å². The molecule has 110 valence electrons. The van der Waals surface area contributed by atoms with Gasteiger partial charge < -0.3 is 10.1 Å². The molecular weight excluding hydrogens is 289 g/mol. The third-order valence-corrected chi connectivity index (χ3v) is 4.00. The van der Waals surface area contributed by atoms with Crippen molar-refractivity contribution >= 4 is 11.6 Å². The first-order valence-electron chi connectivity index (χ1n) is 7.06. The Bertz CT molecular complexity index is 646. The van der Waals surface area contributed by atoms with Crippen molar-refractivity contribution in [2.75, 3.05) is 6.54 Å². The van der Waals surface area contributed by atoms with Crippen molar-refractivity contribution in [3.63, 3.8) is 0 Å². The molecule has 2 aromatic rings.